The zero-order valence-corrected chi connectivity index (χ0v) is 10.4. The van der Waals surface area contributed by atoms with Crippen LogP contribution in [-0.4, -0.2) is 5.24 Å². The normalized spacial score (nSPS) is 11.3. The Labute approximate surface area is 99.9 Å². The van der Waals surface area contributed by atoms with Crippen LogP contribution in [0.25, 0.3) is 6.08 Å². The minimum absolute atomic E-state index is 0.107. The lowest BCUT2D eigenvalue weighted by Crippen LogP contribution is -2.14. The minimum atomic E-state index is -0.791. The molecule has 0 amide bonds. The maximum atomic E-state index is 13.6. The van der Waals surface area contributed by atoms with E-state index in [1.54, 1.807) is 6.08 Å². The van der Waals surface area contributed by atoms with E-state index in [1.165, 1.54) is 12.1 Å². The van der Waals surface area contributed by atoms with E-state index in [0.29, 0.717) is 0 Å². The molecule has 0 saturated heterocycles. The Morgan fingerprint density at radius 2 is 2.00 bits per heavy atom. The zero-order chi connectivity index (χ0) is 12.5. The van der Waals surface area contributed by atoms with Gasteiger partial charge in [-0.1, -0.05) is 33.4 Å². The van der Waals surface area contributed by atoms with Gasteiger partial charge in [0.2, 0.25) is 0 Å². The van der Waals surface area contributed by atoms with Gasteiger partial charge in [-0.2, -0.15) is 0 Å². The lowest BCUT2D eigenvalue weighted by atomic mass is 9.83. The third-order valence-electron chi connectivity index (χ3n) is 2.38. The fraction of sp³-hybridized carbons (Fsp3) is 0.308. The van der Waals surface area contributed by atoms with Crippen LogP contribution in [0.5, 0.6) is 0 Å². The lowest BCUT2D eigenvalue weighted by Gasteiger charge is -2.22. The van der Waals surface area contributed by atoms with Gasteiger partial charge in [-0.05, 0) is 40.3 Å². The number of carbonyl (C=O) groups is 1. The number of benzene rings is 1. The molecule has 0 saturated carbocycles. The van der Waals surface area contributed by atoms with Crippen molar-refractivity contribution in [1.29, 1.82) is 0 Å². The molecule has 0 bridgehead atoms. The van der Waals surface area contributed by atoms with Crippen molar-refractivity contribution < 1.29 is 9.18 Å². The molecule has 0 N–H and O–H groups in total. The van der Waals surface area contributed by atoms with Gasteiger partial charge in [0.05, 0.1) is 5.56 Å². The first-order valence-electron chi connectivity index (χ1n) is 4.93. The van der Waals surface area contributed by atoms with Crippen molar-refractivity contribution in [2.75, 3.05) is 0 Å². The highest BCUT2D eigenvalue weighted by Gasteiger charge is 2.21. The van der Waals surface area contributed by atoms with E-state index < -0.39 is 11.1 Å². The maximum Gasteiger partial charge on any atom is 0.255 e. The summed E-state index contributed by atoms with van der Waals surface area (Å²) in [5.41, 5.74) is 1.22. The van der Waals surface area contributed by atoms with Gasteiger partial charge in [0.25, 0.3) is 5.24 Å². The number of hydrogen-bond acceptors (Lipinski definition) is 1. The third kappa shape index (κ3) is 2.50. The van der Waals surface area contributed by atoms with Crippen molar-refractivity contribution >= 4 is 22.9 Å². The highest BCUT2D eigenvalue weighted by Crippen LogP contribution is 2.29. The fourth-order valence-electron chi connectivity index (χ4n) is 1.56. The summed E-state index contributed by atoms with van der Waals surface area (Å²) in [5.74, 6) is -0.587. The summed E-state index contributed by atoms with van der Waals surface area (Å²) in [6.07, 6.45) is 1.60. The Kier molecular flexibility index (Phi) is 3.54. The second-order valence-electron chi connectivity index (χ2n) is 4.65. The van der Waals surface area contributed by atoms with Crippen LogP contribution >= 0.6 is 11.6 Å². The van der Waals surface area contributed by atoms with Crippen molar-refractivity contribution in [3.63, 3.8) is 0 Å². The summed E-state index contributed by atoms with van der Waals surface area (Å²) in [7, 11) is 0. The van der Waals surface area contributed by atoms with Gasteiger partial charge in [-0.3, -0.25) is 4.79 Å². The molecule has 0 radical (unpaired) electrons. The Morgan fingerprint density at radius 3 is 2.38 bits per heavy atom. The van der Waals surface area contributed by atoms with Crippen LogP contribution in [0, 0.1) is 5.82 Å². The molecule has 16 heavy (non-hydrogen) atoms. The van der Waals surface area contributed by atoms with Crippen LogP contribution < -0.4 is 0 Å². The van der Waals surface area contributed by atoms with Crippen LogP contribution in [0.1, 0.15) is 42.3 Å². The molecule has 0 aliphatic rings. The number of rotatable bonds is 2. The van der Waals surface area contributed by atoms with Gasteiger partial charge in [0.15, 0.2) is 0 Å². The monoisotopic (exact) mass is 240 g/mol. The molecule has 0 heterocycles. The second-order valence-corrected chi connectivity index (χ2v) is 4.99. The molecule has 3 heteroatoms. The SMILES string of the molecule is C=Cc1cc(C(=O)Cl)c(F)cc1C(C)(C)C. The highest BCUT2D eigenvalue weighted by molar-refractivity contribution is 6.67. The molecule has 0 spiro atoms. The molecule has 0 aliphatic heterocycles. The topological polar surface area (TPSA) is 17.1 Å². The Balaban J connectivity index is 3.50. The van der Waals surface area contributed by atoms with E-state index in [1.807, 2.05) is 20.8 Å². The quantitative estimate of drug-likeness (QED) is 0.710. The first-order chi connectivity index (χ1) is 7.27. The molecule has 0 atom stereocenters. The molecule has 0 aromatic heterocycles. The van der Waals surface area contributed by atoms with Crippen molar-refractivity contribution in [3.8, 4) is 0 Å². The van der Waals surface area contributed by atoms with Crippen LogP contribution in [-0.2, 0) is 5.41 Å². The van der Waals surface area contributed by atoms with E-state index in [0.717, 1.165) is 11.1 Å². The predicted octanol–water partition coefficient (Wildman–Crippen LogP) is 4.15. The van der Waals surface area contributed by atoms with Crippen LogP contribution in [0.3, 0.4) is 0 Å². The van der Waals surface area contributed by atoms with Crippen molar-refractivity contribution in [2.45, 2.75) is 26.2 Å². The Bertz CT molecular complexity index is 444. The number of hydrogen-bond donors (Lipinski definition) is 0. The van der Waals surface area contributed by atoms with E-state index in [2.05, 4.69) is 6.58 Å². The zero-order valence-electron chi connectivity index (χ0n) is 9.60. The fourth-order valence-corrected chi connectivity index (χ4v) is 1.70. The molecular formula is C13H14ClFO. The first-order valence-corrected chi connectivity index (χ1v) is 5.31. The van der Waals surface area contributed by atoms with Crippen LogP contribution in [0.4, 0.5) is 4.39 Å². The van der Waals surface area contributed by atoms with Crippen LogP contribution in [0.15, 0.2) is 18.7 Å². The summed E-state index contributed by atoms with van der Waals surface area (Å²) in [6.45, 7) is 9.57. The van der Waals surface area contributed by atoms with Gasteiger partial charge in [0, 0.05) is 0 Å². The summed E-state index contributed by atoms with van der Waals surface area (Å²) >= 11 is 5.29. The van der Waals surface area contributed by atoms with Gasteiger partial charge in [0.1, 0.15) is 5.82 Å². The second kappa shape index (κ2) is 4.38. The van der Waals surface area contributed by atoms with E-state index in [-0.39, 0.29) is 11.0 Å². The molecule has 0 aliphatic carbocycles. The van der Waals surface area contributed by atoms with Crippen molar-refractivity contribution in [3.05, 3.63) is 41.2 Å². The van der Waals surface area contributed by atoms with Crippen molar-refractivity contribution in [1.82, 2.24) is 0 Å². The standard InChI is InChI=1S/C13H14ClFO/c1-5-8-6-9(12(14)16)11(15)7-10(8)13(2,3)4/h5-7H,1H2,2-4H3. The average Bonchev–Trinajstić information content (AvgIpc) is 2.15. The lowest BCUT2D eigenvalue weighted by molar-refractivity contribution is 0.107. The molecule has 0 fully saturated rings. The predicted molar refractivity (Wildman–Crippen MR) is 65.4 cm³/mol. The van der Waals surface area contributed by atoms with Gasteiger partial charge < -0.3 is 0 Å². The van der Waals surface area contributed by atoms with Gasteiger partial charge >= 0.3 is 0 Å². The molecule has 1 aromatic carbocycles. The molecule has 1 rings (SSSR count). The summed E-state index contributed by atoms with van der Waals surface area (Å²) in [4.78, 5) is 11.0. The molecule has 1 nitrogen and oxygen atoms in total. The number of halogens is 2. The van der Waals surface area contributed by atoms with Crippen LogP contribution in [0.2, 0.25) is 0 Å². The molecule has 0 unspecified atom stereocenters. The summed E-state index contributed by atoms with van der Waals surface area (Å²) in [6, 6.07) is 2.80. The Hall–Kier alpha value is -1.15. The largest absolute Gasteiger partial charge is 0.275 e. The van der Waals surface area contributed by atoms with Gasteiger partial charge in [-0.15, -0.1) is 0 Å². The highest BCUT2D eigenvalue weighted by atomic mass is 35.5. The Morgan fingerprint density at radius 1 is 1.44 bits per heavy atom. The van der Waals surface area contributed by atoms with Crippen molar-refractivity contribution in [2.24, 2.45) is 0 Å². The van der Waals surface area contributed by atoms with E-state index in [9.17, 15) is 9.18 Å². The summed E-state index contributed by atoms with van der Waals surface area (Å²) in [5, 5.41) is -0.791. The van der Waals surface area contributed by atoms with Gasteiger partial charge in [-0.25, -0.2) is 4.39 Å². The third-order valence-corrected chi connectivity index (χ3v) is 2.58. The smallest absolute Gasteiger partial charge is 0.255 e. The minimum Gasteiger partial charge on any atom is -0.275 e. The maximum absolute atomic E-state index is 13.6. The molecular weight excluding hydrogens is 227 g/mol. The van der Waals surface area contributed by atoms with E-state index >= 15 is 0 Å². The average molecular weight is 241 g/mol. The van der Waals surface area contributed by atoms with E-state index in [4.69, 9.17) is 11.6 Å². The number of carbonyl (C=O) groups excluding carboxylic acids is 1. The molecule has 86 valence electrons. The molecule has 1 aromatic rings. The summed E-state index contributed by atoms with van der Waals surface area (Å²) < 4.78 is 13.6. The first kappa shape index (κ1) is 12.9.